The molecule has 34 heavy (non-hydrogen) atoms. The van der Waals surface area contributed by atoms with Crippen LogP contribution < -0.4 is 9.64 Å². The second-order valence-corrected chi connectivity index (χ2v) is 9.25. The summed E-state index contributed by atoms with van der Waals surface area (Å²) >= 11 is 1.36. The highest BCUT2D eigenvalue weighted by Gasteiger charge is 2.48. The van der Waals surface area contributed by atoms with Gasteiger partial charge in [-0.05, 0) is 48.7 Å². The maximum atomic E-state index is 13.4. The average molecular weight is 471 g/mol. The van der Waals surface area contributed by atoms with Gasteiger partial charge in [0.1, 0.15) is 11.5 Å². The number of amides is 1. The SMILES string of the molecule is COc1cccc(C(O)=C2C(=O)C(=O)N(c3nc4c(C)cc(C)cc4s3)[C@H]2c2ccccc2)c1. The number of ketones is 1. The number of hydrogen-bond donors (Lipinski definition) is 1. The van der Waals surface area contributed by atoms with Crippen LogP contribution in [0.4, 0.5) is 5.13 Å². The number of thiazole rings is 1. The van der Waals surface area contributed by atoms with Crippen molar-refractivity contribution in [3.05, 3.63) is 94.6 Å². The Bertz CT molecular complexity index is 1470. The van der Waals surface area contributed by atoms with Gasteiger partial charge in [0.2, 0.25) is 0 Å². The number of ether oxygens (including phenoxy) is 1. The van der Waals surface area contributed by atoms with Crippen LogP contribution in [-0.2, 0) is 9.59 Å². The summed E-state index contributed by atoms with van der Waals surface area (Å²) in [6.45, 7) is 3.99. The largest absolute Gasteiger partial charge is 0.507 e. The van der Waals surface area contributed by atoms with Crippen LogP contribution in [0.15, 0.2) is 72.3 Å². The fraction of sp³-hybridized carbons (Fsp3) is 0.148. The summed E-state index contributed by atoms with van der Waals surface area (Å²) in [5.74, 6) is -1.18. The minimum absolute atomic E-state index is 0.0246. The minimum atomic E-state index is -0.811. The molecule has 1 N–H and O–H groups in total. The van der Waals surface area contributed by atoms with E-state index in [1.54, 1.807) is 24.3 Å². The van der Waals surface area contributed by atoms with Gasteiger partial charge in [0.25, 0.3) is 5.78 Å². The van der Waals surface area contributed by atoms with Crippen LogP contribution in [0.1, 0.15) is 28.3 Å². The van der Waals surface area contributed by atoms with Gasteiger partial charge in [-0.1, -0.05) is 59.9 Å². The molecule has 6 nitrogen and oxygen atoms in total. The Kier molecular flexibility index (Phi) is 5.42. The van der Waals surface area contributed by atoms with Gasteiger partial charge in [-0.15, -0.1) is 0 Å². The van der Waals surface area contributed by atoms with Crippen molar-refractivity contribution in [3.8, 4) is 5.75 Å². The van der Waals surface area contributed by atoms with E-state index in [-0.39, 0.29) is 11.3 Å². The fourth-order valence-corrected chi connectivity index (χ4v) is 5.54. The van der Waals surface area contributed by atoms with E-state index < -0.39 is 17.7 Å². The first-order chi connectivity index (χ1) is 16.4. The van der Waals surface area contributed by atoms with Crippen LogP contribution in [0.3, 0.4) is 0 Å². The van der Waals surface area contributed by atoms with Crippen LogP contribution in [0, 0.1) is 13.8 Å². The zero-order valence-corrected chi connectivity index (χ0v) is 19.7. The molecule has 0 bridgehead atoms. The Hall–Kier alpha value is -3.97. The van der Waals surface area contributed by atoms with Gasteiger partial charge >= 0.3 is 5.91 Å². The lowest BCUT2D eigenvalue weighted by Gasteiger charge is -2.23. The van der Waals surface area contributed by atoms with Gasteiger partial charge in [0.15, 0.2) is 5.13 Å². The number of hydrogen-bond acceptors (Lipinski definition) is 6. The highest BCUT2D eigenvalue weighted by Crippen LogP contribution is 2.44. The fourth-order valence-electron chi connectivity index (χ4n) is 4.37. The van der Waals surface area contributed by atoms with E-state index in [1.807, 2.05) is 56.3 Å². The summed E-state index contributed by atoms with van der Waals surface area (Å²) in [4.78, 5) is 32.8. The number of aryl methyl sites for hydroxylation is 2. The maximum absolute atomic E-state index is 13.4. The monoisotopic (exact) mass is 470 g/mol. The van der Waals surface area contributed by atoms with Gasteiger partial charge in [-0.2, -0.15) is 0 Å². The quantitative estimate of drug-likeness (QED) is 0.240. The summed E-state index contributed by atoms with van der Waals surface area (Å²) in [6.07, 6.45) is 0. The van der Waals surface area contributed by atoms with Crippen molar-refractivity contribution < 1.29 is 19.4 Å². The van der Waals surface area contributed by atoms with E-state index in [9.17, 15) is 14.7 Å². The highest BCUT2D eigenvalue weighted by atomic mass is 32.1. The maximum Gasteiger partial charge on any atom is 0.301 e. The molecule has 0 unspecified atom stereocenters. The Morgan fingerprint density at radius 1 is 1.03 bits per heavy atom. The first kappa shape index (κ1) is 21.9. The van der Waals surface area contributed by atoms with Gasteiger partial charge in [0.05, 0.1) is 28.9 Å². The Labute approximate surface area is 200 Å². The van der Waals surface area contributed by atoms with Crippen LogP contribution >= 0.6 is 11.3 Å². The number of anilines is 1. The molecule has 0 radical (unpaired) electrons. The molecule has 3 aromatic carbocycles. The van der Waals surface area contributed by atoms with Crippen molar-refractivity contribution in [2.45, 2.75) is 19.9 Å². The number of Topliss-reactive ketones (excluding diaryl/α,β-unsaturated/α-hetero) is 1. The number of aliphatic hydroxyl groups excluding tert-OH is 1. The normalized spacial score (nSPS) is 17.5. The number of aliphatic hydroxyl groups is 1. The average Bonchev–Trinajstić information content (AvgIpc) is 3.38. The van der Waals surface area contributed by atoms with Crippen LogP contribution in [-0.4, -0.2) is 28.9 Å². The van der Waals surface area contributed by atoms with E-state index in [0.717, 1.165) is 21.3 Å². The summed E-state index contributed by atoms with van der Waals surface area (Å²) in [6, 6.07) is 19.2. The topological polar surface area (TPSA) is 79.7 Å². The van der Waals surface area contributed by atoms with Crippen molar-refractivity contribution in [1.82, 2.24) is 4.98 Å². The number of benzene rings is 3. The lowest BCUT2D eigenvalue weighted by Crippen LogP contribution is -2.29. The van der Waals surface area contributed by atoms with Gasteiger partial charge in [-0.3, -0.25) is 14.5 Å². The van der Waals surface area contributed by atoms with Gasteiger partial charge < -0.3 is 9.84 Å². The Morgan fingerprint density at radius 2 is 1.79 bits per heavy atom. The van der Waals surface area contributed by atoms with Crippen LogP contribution in [0.2, 0.25) is 0 Å². The van der Waals surface area contributed by atoms with E-state index >= 15 is 0 Å². The zero-order valence-electron chi connectivity index (χ0n) is 18.9. The predicted octanol–water partition coefficient (Wildman–Crippen LogP) is 5.55. The number of methoxy groups -OCH3 is 1. The van der Waals surface area contributed by atoms with Crippen LogP contribution in [0.5, 0.6) is 5.75 Å². The molecule has 0 aliphatic carbocycles. The summed E-state index contributed by atoms with van der Waals surface area (Å²) in [5.41, 5.74) is 4.03. The number of rotatable bonds is 4. The van der Waals surface area contributed by atoms with E-state index in [4.69, 9.17) is 9.72 Å². The highest BCUT2D eigenvalue weighted by molar-refractivity contribution is 7.22. The first-order valence-electron chi connectivity index (χ1n) is 10.8. The zero-order chi connectivity index (χ0) is 24.0. The molecule has 1 aliphatic rings. The number of aromatic nitrogens is 1. The Balaban J connectivity index is 1.73. The molecule has 1 amide bonds. The summed E-state index contributed by atoms with van der Waals surface area (Å²) < 4.78 is 6.21. The third-order valence-electron chi connectivity index (χ3n) is 5.93. The van der Waals surface area contributed by atoms with Crippen molar-refractivity contribution in [1.29, 1.82) is 0 Å². The molecule has 4 aromatic rings. The second-order valence-electron chi connectivity index (χ2n) is 8.24. The van der Waals surface area contributed by atoms with Crippen molar-refractivity contribution >= 4 is 44.1 Å². The van der Waals surface area contributed by atoms with Crippen LogP contribution in [0.25, 0.3) is 16.0 Å². The van der Waals surface area contributed by atoms with Gasteiger partial charge in [0, 0.05) is 5.56 Å². The minimum Gasteiger partial charge on any atom is -0.507 e. The molecule has 1 atom stereocenters. The smallest absolute Gasteiger partial charge is 0.301 e. The molecule has 0 saturated carbocycles. The molecule has 1 saturated heterocycles. The Morgan fingerprint density at radius 3 is 2.53 bits per heavy atom. The number of carbonyl (C=O) groups excluding carboxylic acids is 2. The third kappa shape index (κ3) is 3.54. The molecular formula is C27H22N2O4S. The predicted molar refractivity (Wildman–Crippen MR) is 133 cm³/mol. The second kappa shape index (κ2) is 8.43. The molecule has 0 spiro atoms. The van der Waals surface area contributed by atoms with E-state index in [1.165, 1.54) is 23.3 Å². The lowest BCUT2D eigenvalue weighted by molar-refractivity contribution is -0.132. The van der Waals surface area contributed by atoms with Crippen molar-refractivity contribution in [2.75, 3.05) is 12.0 Å². The van der Waals surface area contributed by atoms with Crippen molar-refractivity contribution in [2.24, 2.45) is 0 Å². The molecule has 1 aromatic heterocycles. The molecule has 7 heteroatoms. The number of nitrogens with zero attached hydrogens (tertiary/aromatic N) is 2. The van der Waals surface area contributed by atoms with E-state index in [0.29, 0.717) is 22.0 Å². The molecule has 1 fully saturated rings. The first-order valence-corrected chi connectivity index (χ1v) is 11.6. The number of fused-ring (bicyclic) bond motifs is 1. The molecule has 170 valence electrons. The van der Waals surface area contributed by atoms with E-state index in [2.05, 4.69) is 0 Å². The standard InChI is InChI=1S/C27H22N2O4S/c1-15-12-16(2)22-20(13-15)34-27(28-22)29-23(17-8-5-4-6-9-17)21(25(31)26(29)32)24(30)18-10-7-11-19(14-18)33-3/h4-14,23,30H,1-3H3/t23-/m0/s1. The summed E-state index contributed by atoms with van der Waals surface area (Å²) in [5, 5.41) is 11.7. The molecule has 5 rings (SSSR count). The molecular weight excluding hydrogens is 448 g/mol. The molecule has 1 aliphatic heterocycles. The summed E-state index contributed by atoms with van der Waals surface area (Å²) in [7, 11) is 1.53. The van der Waals surface area contributed by atoms with Gasteiger partial charge in [-0.25, -0.2) is 4.98 Å². The third-order valence-corrected chi connectivity index (χ3v) is 6.93. The number of carbonyl (C=O) groups is 2. The lowest BCUT2D eigenvalue weighted by atomic mass is 9.95. The van der Waals surface area contributed by atoms with Crippen molar-refractivity contribution in [3.63, 3.8) is 0 Å². The molecule has 2 heterocycles.